The summed E-state index contributed by atoms with van der Waals surface area (Å²) in [4.78, 5) is 15.4. The highest BCUT2D eigenvalue weighted by Crippen LogP contribution is 2.26. The highest BCUT2D eigenvalue weighted by atomic mass is 79.9. The number of carbonyl (C=O) groups is 1. The number of benzene rings is 3. The Morgan fingerprint density at radius 3 is 2.15 bits per heavy atom. The molecule has 1 fully saturated rings. The van der Waals surface area contributed by atoms with Crippen molar-refractivity contribution in [3.63, 3.8) is 0 Å². The quantitative estimate of drug-likeness (QED) is 0.423. The first kappa shape index (κ1) is 24.3. The summed E-state index contributed by atoms with van der Waals surface area (Å²) in [6.07, 6.45) is 3.66. The third-order valence-electron chi connectivity index (χ3n) is 5.88. The fourth-order valence-corrected chi connectivity index (χ4v) is 5.68. The van der Waals surface area contributed by atoms with Crippen LogP contribution in [0.25, 0.3) is 0 Å². The number of sulfonamides is 1. The number of carbonyl (C=O) groups excluding carboxylic acids is 1. The molecule has 8 heteroatoms. The summed E-state index contributed by atoms with van der Waals surface area (Å²) >= 11 is 3.38. The number of halogens is 1. The minimum atomic E-state index is -3.94. The van der Waals surface area contributed by atoms with Gasteiger partial charge >= 0.3 is 0 Å². The topological polar surface area (TPSA) is 69.7 Å². The third-order valence-corrected chi connectivity index (χ3v) is 8.20. The van der Waals surface area contributed by atoms with Crippen LogP contribution in [0.15, 0.2) is 82.2 Å². The van der Waals surface area contributed by atoms with Crippen molar-refractivity contribution in [2.75, 3.05) is 34.2 Å². The molecule has 3 aromatic carbocycles. The van der Waals surface area contributed by atoms with E-state index in [9.17, 15) is 13.2 Å². The molecule has 6 nitrogen and oxygen atoms in total. The van der Waals surface area contributed by atoms with Crippen molar-refractivity contribution < 1.29 is 13.2 Å². The van der Waals surface area contributed by atoms with Crippen LogP contribution >= 0.6 is 15.9 Å². The van der Waals surface area contributed by atoms with Gasteiger partial charge in [0.2, 0.25) is 5.91 Å². The SMILES string of the molecule is Cc1ccc(S(=O)(=O)N(CC(=O)Nc2ccc(N3CCCCC3)cc2)c2ccc(Br)cc2)cc1. The molecule has 1 aliphatic heterocycles. The number of anilines is 3. The summed E-state index contributed by atoms with van der Waals surface area (Å²) in [5.74, 6) is -0.413. The van der Waals surface area contributed by atoms with Crippen LogP contribution < -0.4 is 14.5 Å². The van der Waals surface area contributed by atoms with Gasteiger partial charge in [-0.25, -0.2) is 8.42 Å². The molecular weight excluding hydrogens is 514 g/mol. The van der Waals surface area contributed by atoms with Crippen LogP contribution in [-0.4, -0.2) is 34.0 Å². The summed E-state index contributed by atoms with van der Waals surface area (Å²) in [6, 6.07) is 21.2. The second-order valence-corrected chi connectivity index (χ2v) is 11.2. The molecule has 0 saturated carbocycles. The monoisotopic (exact) mass is 541 g/mol. The summed E-state index contributed by atoms with van der Waals surface area (Å²) in [5, 5.41) is 2.84. The number of aryl methyl sites for hydroxylation is 1. The fraction of sp³-hybridized carbons (Fsp3) is 0.269. The van der Waals surface area contributed by atoms with Crippen molar-refractivity contribution in [3.8, 4) is 0 Å². The number of rotatable bonds is 7. The van der Waals surface area contributed by atoms with E-state index in [0.29, 0.717) is 11.4 Å². The van der Waals surface area contributed by atoms with Gasteiger partial charge in [-0.2, -0.15) is 0 Å². The molecule has 0 unspecified atom stereocenters. The third kappa shape index (κ3) is 5.80. The first-order valence-electron chi connectivity index (χ1n) is 11.3. The lowest BCUT2D eigenvalue weighted by Gasteiger charge is -2.29. The Morgan fingerprint density at radius 2 is 1.53 bits per heavy atom. The molecule has 1 aliphatic rings. The van der Waals surface area contributed by atoms with Crippen LogP contribution in [0.5, 0.6) is 0 Å². The molecule has 0 aliphatic carbocycles. The zero-order chi connectivity index (χ0) is 24.1. The van der Waals surface area contributed by atoms with E-state index in [1.54, 1.807) is 48.5 Å². The van der Waals surface area contributed by atoms with Crippen molar-refractivity contribution in [3.05, 3.63) is 82.8 Å². The second kappa shape index (κ2) is 10.6. The maximum atomic E-state index is 13.5. The Kier molecular flexibility index (Phi) is 7.58. The normalized spacial score (nSPS) is 14.0. The number of nitrogens with zero attached hydrogens (tertiary/aromatic N) is 2. The van der Waals surface area contributed by atoms with Crippen LogP contribution in [0, 0.1) is 6.92 Å². The maximum absolute atomic E-state index is 13.5. The first-order valence-corrected chi connectivity index (χ1v) is 13.6. The van der Waals surface area contributed by atoms with Gasteiger partial charge in [0.05, 0.1) is 10.6 Å². The Balaban J connectivity index is 1.53. The molecule has 0 bridgehead atoms. The van der Waals surface area contributed by atoms with E-state index in [4.69, 9.17) is 0 Å². The highest BCUT2D eigenvalue weighted by Gasteiger charge is 2.27. The molecule has 1 amide bonds. The van der Waals surface area contributed by atoms with E-state index in [0.717, 1.165) is 33.1 Å². The van der Waals surface area contributed by atoms with Crippen LogP contribution in [0.2, 0.25) is 0 Å². The molecule has 0 spiro atoms. The minimum Gasteiger partial charge on any atom is -0.372 e. The molecule has 178 valence electrons. The summed E-state index contributed by atoms with van der Waals surface area (Å²) in [5.41, 5.74) is 3.14. The highest BCUT2D eigenvalue weighted by molar-refractivity contribution is 9.10. The summed E-state index contributed by atoms with van der Waals surface area (Å²) < 4.78 is 28.9. The average Bonchev–Trinajstić information content (AvgIpc) is 2.84. The summed E-state index contributed by atoms with van der Waals surface area (Å²) in [7, 11) is -3.94. The van der Waals surface area contributed by atoms with Crippen LogP contribution in [-0.2, 0) is 14.8 Å². The van der Waals surface area contributed by atoms with Gasteiger partial charge in [-0.05, 0) is 86.8 Å². The molecule has 0 atom stereocenters. The number of hydrogen-bond donors (Lipinski definition) is 1. The van der Waals surface area contributed by atoms with Crippen molar-refractivity contribution >= 4 is 48.9 Å². The second-order valence-electron chi connectivity index (χ2n) is 8.44. The zero-order valence-corrected chi connectivity index (χ0v) is 21.5. The largest absolute Gasteiger partial charge is 0.372 e. The minimum absolute atomic E-state index is 0.139. The first-order chi connectivity index (χ1) is 16.3. The Hall–Kier alpha value is -2.84. The molecule has 0 radical (unpaired) electrons. The van der Waals surface area contributed by atoms with E-state index in [2.05, 4.69) is 26.1 Å². The van der Waals surface area contributed by atoms with Gasteiger partial charge in [0.25, 0.3) is 10.0 Å². The molecule has 34 heavy (non-hydrogen) atoms. The molecule has 0 aromatic heterocycles. The van der Waals surface area contributed by atoms with E-state index in [1.165, 1.54) is 19.3 Å². The van der Waals surface area contributed by atoms with Gasteiger partial charge in [0.1, 0.15) is 6.54 Å². The fourth-order valence-electron chi connectivity index (χ4n) is 4.00. The standard InChI is InChI=1S/C26H28BrN3O3S/c1-20-5-15-25(16-6-20)34(32,33)30(24-11-7-21(27)8-12-24)19-26(31)28-22-9-13-23(14-10-22)29-17-3-2-4-18-29/h5-16H,2-4,17-19H2,1H3,(H,28,31). The lowest BCUT2D eigenvalue weighted by atomic mass is 10.1. The van der Waals surface area contributed by atoms with Gasteiger partial charge in [-0.15, -0.1) is 0 Å². The average molecular weight is 542 g/mol. The molecular formula is C26H28BrN3O3S. The number of hydrogen-bond acceptors (Lipinski definition) is 4. The molecule has 1 saturated heterocycles. The van der Waals surface area contributed by atoms with Crippen molar-refractivity contribution in [2.24, 2.45) is 0 Å². The number of amides is 1. The van der Waals surface area contributed by atoms with Crippen LogP contribution in [0.1, 0.15) is 24.8 Å². The van der Waals surface area contributed by atoms with Gasteiger partial charge in [-0.1, -0.05) is 33.6 Å². The van der Waals surface area contributed by atoms with Gasteiger partial charge in [0, 0.05) is 28.9 Å². The maximum Gasteiger partial charge on any atom is 0.264 e. The molecule has 1 heterocycles. The Morgan fingerprint density at radius 1 is 0.912 bits per heavy atom. The van der Waals surface area contributed by atoms with Gasteiger partial charge in [-0.3, -0.25) is 9.10 Å². The predicted molar refractivity (Wildman–Crippen MR) is 141 cm³/mol. The zero-order valence-electron chi connectivity index (χ0n) is 19.1. The predicted octanol–water partition coefficient (Wildman–Crippen LogP) is 5.58. The van der Waals surface area contributed by atoms with Crippen molar-refractivity contribution in [1.29, 1.82) is 0 Å². The lowest BCUT2D eigenvalue weighted by molar-refractivity contribution is -0.114. The summed E-state index contributed by atoms with van der Waals surface area (Å²) in [6.45, 7) is 3.65. The molecule has 3 aromatic rings. The number of nitrogens with one attached hydrogen (secondary N) is 1. The van der Waals surface area contributed by atoms with Crippen molar-refractivity contribution in [2.45, 2.75) is 31.1 Å². The van der Waals surface area contributed by atoms with Gasteiger partial charge in [0.15, 0.2) is 0 Å². The van der Waals surface area contributed by atoms with Gasteiger partial charge < -0.3 is 10.2 Å². The van der Waals surface area contributed by atoms with Crippen molar-refractivity contribution in [1.82, 2.24) is 0 Å². The van der Waals surface area contributed by atoms with Crippen LogP contribution in [0.4, 0.5) is 17.1 Å². The van der Waals surface area contributed by atoms with E-state index in [1.807, 2.05) is 31.2 Å². The molecule has 1 N–H and O–H groups in total. The van der Waals surface area contributed by atoms with Crippen LogP contribution in [0.3, 0.4) is 0 Å². The smallest absolute Gasteiger partial charge is 0.264 e. The number of piperidine rings is 1. The molecule has 4 rings (SSSR count). The van der Waals surface area contributed by atoms with E-state index in [-0.39, 0.29) is 11.4 Å². The lowest BCUT2D eigenvalue weighted by Crippen LogP contribution is -2.38. The van der Waals surface area contributed by atoms with E-state index >= 15 is 0 Å². The Labute approximate surface area is 209 Å². The Bertz CT molecular complexity index is 1220. The van der Waals surface area contributed by atoms with E-state index < -0.39 is 15.9 Å².